The zero-order valence-electron chi connectivity index (χ0n) is 14.3. The summed E-state index contributed by atoms with van der Waals surface area (Å²) in [6.45, 7) is 3.45. The van der Waals surface area contributed by atoms with Crippen LogP contribution in [-0.4, -0.2) is 25.0 Å². The Hall–Kier alpha value is -2.06. The Morgan fingerprint density at radius 3 is 1.54 bits per heavy atom. The van der Waals surface area contributed by atoms with Crippen LogP contribution in [0.15, 0.2) is 45.3 Å². The number of nitrogens with one attached hydrogen (secondary N) is 2. The lowest BCUT2D eigenvalue weighted by atomic mass is 10.2. The first-order chi connectivity index (χ1) is 12.3. The van der Waals surface area contributed by atoms with E-state index < -0.39 is 11.8 Å². The number of carbonyl (C=O) groups is 2. The quantitative estimate of drug-likeness (QED) is 0.614. The van der Waals surface area contributed by atoms with Gasteiger partial charge in [0.25, 0.3) is 11.8 Å². The van der Waals surface area contributed by atoms with Crippen molar-refractivity contribution in [1.82, 2.24) is 10.9 Å². The zero-order valence-corrected chi connectivity index (χ0v) is 17.4. The molecule has 0 atom stereocenters. The first-order valence-corrected chi connectivity index (χ1v) is 9.29. The third-order valence-electron chi connectivity index (χ3n) is 3.23. The van der Waals surface area contributed by atoms with Gasteiger partial charge in [-0.15, -0.1) is 0 Å². The van der Waals surface area contributed by atoms with Crippen molar-refractivity contribution in [2.45, 2.75) is 13.8 Å². The molecule has 2 rings (SSSR count). The van der Waals surface area contributed by atoms with E-state index in [1.165, 1.54) is 0 Å². The van der Waals surface area contributed by atoms with Crippen LogP contribution in [0, 0.1) is 13.8 Å². The van der Waals surface area contributed by atoms with Crippen molar-refractivity contribution in [2.24, 2.45) is 0 Å². The number of hydrogen-bond acceptors (Lipinski definition) is 4. The summed E-state index contributed by atoms with van der Waals surface area (Å²) in [5.74, 6) is 0.124. The van der Waals surface area contributed by atoms with Crippen molar-refractivity contribution in [3.63, 3.8) is 0 Å². The second kappa shape index (κ2) is 9.59. The number of aryl methyl sites for hydroxylation is 2. The maximum absolute atomic E-state index is 11.8. The topological polar surface area (TPSA) is 76.7 Å². The molecular formula is C18H18Br2N2O4. The van der Waals surface area contributed by atoms with Crippen LogP contribution in [0.1, 0.15) is 11.1 Å². The maximum atomic E-state index is 11.8. The second-order valence-corrected chi connectivity index (χ2v) is 7.25. The molecule has 0 aromatic heterocycles. The molecule has 0 spiro atoms. The van der Waals surface area contributed by atoms with E-state index in [4.69, 9.17) is 9.47 Å². The summed E-state index contributed by atoms with van der Waals surface area (Å²) in [5.41, 5.74) is 6.69. The van der Waals surface area contributed by atoms with Crippen LogP contribution in [0.2, 0.25) is 0 Å². The number of amides is 2. The second-order valence-electron chi connectivity index (χ2n) is 5.54. The first kappa shape index (κ1) is 20.3. The number of hydrazine groups is 1. The van der Waals surface area contributed by atoms with E-state index in [0.717, 1.165) is 20.1 Å². The molecule has 0 saturated heterocycles. The van der Waals surface area contributed by atoms with Crippen LogP contribution in [0.25, 0.3) is 0 Å². The summed E-state index contributed by atoms with van der Waals surface area (Å²) in [6, 6.07) is 11.0. The Labute approximate surface area is 168 Å². The SMILES string of the molecule is Cc1ccc(OCC(=O)NNC(=O)COc2ccc(C)cc2Br)c(Br)c1. The third-order valence-corrected chi connectivity index (χ3v) is 4.47. The van der Waals surface area contributed by atoms with Crippen LogP contribution in [-0.2, 0) is 9.59 Å². The fourth-order valence-electron chi connectivity index (χ4n) is 1.94. The van der Waals surface area contributed by atoms with Gasteiger partial charge in [0, 0.05) is 0 Å². The minimum atomic E-state index is -0.484. The van der Waals surface area contributed by atoms with Gasteiger partial charge >= 0.3 is 0 Å². The molecule has 0 unspecified atom stereocenters. The molecule has 138 valence electrons. The van der Waals surface area contributed by atoms with Crippen LogP contribution in [0.3, 0.4) is 0 Å². The Kier molecular flexibility index (Phi) is 7.47. The first-order valence-electron chi connectivity index (χ1n) is 7.70. The van der Waals surface area contributed by atoms with Crippen LogP contribution < -0.4 is 20.3 Å². The van der Waals surface area contributed by atoms with Gasteiger partial charge in [0.05, 0.1) is 8.95 Å². The van der Waals surface area contributed by atoms with Crippen molar-refractivity contribution >= 4 is 43.7 Å². The van der Waals surface area contributed by atoms with Gasteiger partial charge in [0.1, 0.15) is 11.5 Å². The summed E-state index contributed by atoms with van der Waals surface area (Å²) in [6.07, 6.45) is 0. The van der Waals surface area contributed by atoms with Gasteiger partial charge in [0.15, 0.2) is 13.2 Å². The fourth-order valence-corrected chi connectivity index (χ4v) is 3.16. The summed E-state index contributed by atoms with van der Waals surface area (Å²) >= 11 is 6.73. The van der Waals surface area contributed by atoms with Crippen LogP contribution in [0.4, 0.5) is 0 Å². The Bertz CT molecular complexity index is 744. The summed E-state index contributed by atoms with van der Waals surface area (Å²) in [5, 5.41) is 0. The van der Waals surface area contributed by atoms with Crippen LogP contribution >= 0.6 is 31.9 Å². The minimum Gasteiger partial charge on any atom is -0.483 e. The highest BCUT2D eigenvalue weighted by atomic mass is 79.9. The lowest BCUT2D eigenvalue weighted by Crippen LogP contribution is -2.45. The van der Waals surface area contributed by atoms with E-state index in [2.05, 4.69) is 42.7 Å². The van der Waals surface area contributed by atoms with E-state index >= 15 is 0 Å². The zero-order chi connectivity index (χ0) is 19.1. The van der Waals surface area contributed by atoms with Gasteiger partial charge in [-0.1, -0.05) is 12.1 Å². The van der Waals surface area contributed by atoms with Gasteiger partial charge in [-0.2, -0.15) is 0 Å². The fraction of sp³-hybridized carbons (Fsp3) is 0.222. The molecule has 2 amide bonds. The van der Waals surface area contributed by atoms with Gasteiger partial charge in [-0.05, 0) is 81.1 Å². The van der Waals surface area contributed by atoms with Crippen molar-refractivity contribution in [1.29, 1.82) is 0 Å². The molecule has 0 saturated carbocycles. The van der Waals surface area contributed by atoms with Gasteiger partial charge in [-0.3, -0.25) is 20.4 Å². The highest BCUT2D eigenvalue weighted by molar-refractivity contribution is 9.10. The summed E-state index contributed by atoms with van der Waals surface area (Å²) in [7, 11) is 0. The molecule has 0 bridgehead atoms. The van der Waals surface area contributed by atoms with Crippen molar-refractivity contribution in [3.8, 4) is 11.5 Å². The molecular weight excluding hydrogens is 468 g/mol. The van der Waals surface area contributed by atoms with Gasteiger partial charge < -0.3 is 9.47 Å². The standard InChI is InChI=1S/C18H18Br2N2O4/c1-11-3-5-15(13(19)7-11)25-9-17(23)21-22-18(24)10-26-16-6-4-12(2)8-14(16)20/h3-8H,9-10H2,1-2H3,(H,21,23)(H,22,24). The molecule has 0 heterocycles. The monoisotopic (exact) mass is 484 g/mol. The Morgan fingerprint density at radius 1 is 0.808 bits per heavy atom. The highest BCUT2D eigenvalue weighted by Gasteiger charge is 2.09. The number of hydrogen-bond donors (Lipinski definition) is 2. The average molecular weight is 486 g/mol. The van der Waals surface area contributed by atoms with E-state index in [-0.39, 0.29) is 13.2 Å². The van der Waals surface area contributed by atoms with Crippen molar-refractivity contribution in [3.05, 3.63) is 56.5 Å². The van der Waals surface area contributed by atoms with E-state index in [0.29, 0.717) is 11.5 Å². The number of benzene rings is 2. The lowest BCUT2D eigenvalue weighted by Gasteiger charge is -2.11. The molecule has 0 aliphatic carbocycles. The smallest absolute Gasteiger partial charge is 0.276 e. The molecule has 2 N–H and O–H groups in total. The van der Waals surface area contributed by atoms with Gasteiger partial charge in [0.2, 0.25) is 0 Å². The summed E-state index contributed by atoms with van der Waals surface area (Å²) < 4.78 is 12.3. The normalized spacial score (nSPS) is 10.2. The molecule has 2 aromatic rings. The predicted molar refractivity (Wildman–Crippen MR) is 105 cm³/mol. The summed E-state index contributed by atoms with van der Waals surface area (Å²) in [4.78, 5) is 23.5. The maximum Gasteiger partial charge on any atom is 0.276 e. The molecule has 0 radical (unpaired) electrons. The average Bonchev–Trinajstić information content (AvgIpc) is 2.58. The number of ether oxygens (including phenoxy) is 2. The van der Waals surface area contributed by atoms with Gasteiger partial charge in [-0.25, -0.2) is 0 Å². The number of halogens is 2. The Morgan fingerprint density at radius 2 is 1.19 bits per heavy atom. The van der Waals surface area contributed by atoms with E-state index in [9.17, 15) is 9.59 Å². The van der Waals surface area contributed by atoms with E-state index in [1.54, 1.807) is 12.1 Å². The molecule has 0 fully saturated rings. The minimum absolute atomic E-state index is 0.230. The molecule has 26 heavy (non-hydrogen) atoms. The predicted octanol–water partition coefficient (Wildman–Crippen LogP) is 3.43. The molecule has 6 nitrogen and oxygen atoms in total. The van der Waals surface area contributed by atoms with Crippen molar-refractivity contribution in [2.75, 3.05) is 13.2 Å². The highest BCUT2D eigenvalue weighted by Crippen LogP contribution is 2.26. The molecule has 0 aliphatic rings. The number of rotatable bonds is 6. The Balaban J connectivity index is 1.72. The molecule has 0 aliphatic heterocycles. The molecule has 8 heteroatoms. The van der Waals surface area contributed by atoms with Crippen LogP contribution in [0.5, 0.6) is 11.5 Å². The largest absolute Gasteiger partial charge is 0.483 e. The lowest BCUT2D eigenvalue weighted by molar-refractivity contribution is -0.131. The van der Waals surface area contributed by atoms with Crippen molar-refractivity contribution < 1.29 is 19.1 Å². The molecule has 2 aromatic carbocycles. The van der Waals surface area contributed by atoms with E-state index in [1.807, 2.05) is 38.1 Å². The third kappa shape index (κ3) is 6.34. The number of carbonyl (C=O) groups excluding carboxylic acids is 2.